The molecule has 5 rings (SSSR count). The maximum absolute atomic E-state index is 12.9. The largest absolute Gasteiger partial charge is 0.367 e. The molecule has 0 radical (unpaired) electrons. The number of anilines is 1. The smallest absolute Gasteiger partial charge is 0.276 e. The quantitative estimate of drug-likeness (QED) is 0.592. The number of carbonyl (C=O) groups is 2. The first-order chi connectivity index (χ1) is 16.1. The Morgan fingerprint density at radius 1 is 1.12 bits per heavy atom. The molecule has 1 aliphatic heterocycles. The fourth-order valence-electron chi connectivity index (χ4n) is 4.34. The van der Waals surface area contributed by atoms with Gasteiger partial charge < -0.3 is 19.5 Å². The van der Waals surface area contributed by atoms with E-state index in [9.17, 15) is 9.59 Å². The Bertz CT molecular complexity index is 1110. The van der Waals surface area contributed by atoms with Gasteiger partial charge in [-0.2, -0.15) is 5.10 Å². The number of nitrogens with one attached hydrogen (secondary N) is 1. The fraction of sp³-hybridized carbons (Fsp3) is 0.417. The SMILES string of the molecule is COC(C(=O)Nc1ccnn1C1CCN(C(=O)c2cc(C3CC3)on2)CC1)c1ccccc1. The lowest BCUT2D eigenvalue weighted by atomic mass is 10.0. The second kappa shape index (κ2) is 9.19. The molecule has 2 aromatic heterocycles. The molecule has 1 atom stereocenters. The molecule has 1 unspecified atom stereocenters. The number of ether oxygens (including phenoxy) is 1. The number of piperidine rings is 1. The zero-order valence-corrected chi connectivity index (χ0v) is 18.5. The first-order valence-corrected chi connectivity index (χ1v) is 11.3. The van der Waals surface area contributed by atoms with Crippen LogP contribution in [0.25, 0.3) is 0 Å². The molecule has 2 aliphatic rings. The number of amides is 2. The van der Waals surface area contributed by atoms with Crippen LogP contribution in [0.4, 0.5) is 5.82 Å². The van der Waals surface area contributed by atoms with E-state index < -0.39 is 6.10 Å². The summed E-state index contributed by atoms with van der Waals surface area (Å²) in [4.78, 5) is 27.5. The molecule has 0 bridgehead atoms. The average molecular weight is 450 g/mol. The first-order valence-electron chi connectivity index (χ1n) is 11.3. The number of likely N-dealkylation sites (tertiary alicyclic amines) is 1. The number of hydrogen-bond acceptors (Lipinski definition) is 6. The highest BCUT2D eigenvalue weighted by Gasteiger charge is 2.32. The average Bonchev–Trinajstić information content (AvgIpc) is 3.39. The van der Waals surface area contributed by atoms with Gasteiger partial charge in [-0.25, -0.2) is 4.68 Å². The van der Waals surface area contributed by atoms with Gasteiger partial charge in [0.05, 0.1) is 12.2 Å². The van der Waals surface area contributed by atoms with E-state index in [2.05, 4.69) is 15.6 Å². The third-order valence-electron chi connectivity index (χ3n) is 6.32. The van der Waals surface area contributed by atoms with Crippen LogP contribution in [0.15, 0.2) is 53.2 Å². The summed E-state index contributed by atoms with van der Waals surface area (Å²) in [6, 6.07) is 13.0. The van der Waals surface area contributed by atoms with Gasteiger partial charge in [-0.15, -0.1) is 0 Å². The summed E-state index contributed by atoms with van der Waals surface area (Å²) in [5, 5.41) is 11.4. The minimum absolute atomic E-state index is 0.0800. The van der Waals surface area contributed by atoms with E-state index in [1.807, 2.05) is 39.9 Å². The van der Waals surface area contributed by atoms with Crippen molar-refractivity contribution in [1.29, 1.82) is 0 Å². The van der Waals surface area contributed by atoms with Gasteiger partial charge in [-0.1, -0.05) is 35.5 Å². The minimum atomic E-state index is -0.711. The maximum Gasteiger partial charge on any atom is 0.276 e. The number of rotatable bonds is 7. The predicted octanol–water partition coefficient (Wildman–Crippen LogP) is 3.55. The van der Waals surface area contributed by atoms with Crippen LogP contribution in [0, 0.1) is 0 Å². The highest BCUT2D eigenvalue weighted by molar-refractivity contribution is 5.94. The van der Waals surface area contributed by atoms with Crippen LogP contribution >= 0.6 is 0 Å². The molecule has 172 valence electrons. The third kappa shape index (κ3) is 4.54. The molecule has 33 heavy (non-hydrogen) atoms. The zero-order valence-electron chi connectivity index (χ0n) is 18.5. The standard InChI is InChI=1S/C24H27N5O4/c1-32-22(17-5-3-2-4-6-17)23(30)26-21-9-12-25-29(21)18-10-13-28(14-11-18)24(31)19-15-20(33-27-19)16-7-8-16/h2-6,9,12,15-16,18,22H,7-8,10-11,13-14H2,1H3,(H,26,30). The Balaban J connectivity index is 1.21. The van der Waals surface area contributed by atoms with Crippen LogP contribution in [-0.4, -0.2) is 51.9 Å². The van der Waals surface area contributed by atoms with E-state index >= 15 is 0 Å². The number of benzene rings is 1. The summed E-state index contributed by atoms with van der Waals surface area (Å²) in [5.41, 5.74) is 1.17. The second-order valence-electron chi connectivity index (χ2n) is 8.59. The summed E-state index contributed by atoms with van der Waals surface area (Å²) in [6.45, 7) is 1.18. The van der Waals surface area contributed by atoms with E-state index in [-0.39, 0.29) is 17.9 Å². The van der Waals surface area contributed by atoms with Crippen molar-refractivity contribution >= 4 is 17.6 Å². The van der Waals surface area contributed by atoms with Crippen LogP contribution in [0.3, 0.4) is 0 Å². The van der Waals surface area contributed by atoms with Gasteiger partial charge in [-0.3, -0.25) is 9.59 Å². The monoisotopic (exact) mass is 449 g/mol. The highest BCUT2D eigenvalue weighted by Crippen LogP contribution is 2.40. The van der Waals surface area contributed by atoms with Crippen LogP contribution in [0.2, 0.25) is 0 Å². The van der Waals surface area contributed by atoms with Gasteiger partial charge in [-0.05, 0) is 31.2 Å². The van der Waals surface area contributed by atoms with Gasteiger partial charge in [0.25, 0.3) is 11.8 Å². The lowest BCUT2D eigenvalue weighted by molar-refractivity contribution is -0.126. The number of hydrogen-bond donors (Lipinski definition) is 1. The van der Waals surface area contributed by atoms with Crippen LogP contribution in [0.1, 0.15) is 65.6 Å². The molecular formula is C24H27N5O4. The third-order valence-corrected chi connectivity index (χ3v) is 6.32. The normalized spacial score (nSPS) is 17.7. The lowest BCUT2D eigenvalue weighted by Gasteiger charge is -2.32. The molecule has 3 heterocycles. The first kappa shape index (κ1) is 21.4. The van der Waals surface area contributed by atoms with Crippen molar-refractivity contribution in [3.8, 4) is 0 Å². The van der Waals surface area contributed by atoms with E-state index in [0.717, 1.165) is 37.0 Å². The molecule has 0 spiro atoms. The summed E-state index contributed by atoms with van der Waals surface area (Å²) >= 11 is 0. The number of nitrogens with zero attached hydrogens (tertiary/aromatic N) is 4. The van der Waals surface area contributed by atoms with Crippen molar-refractivity contribution in [3.05, 3.63) is 65.7 Å². The topological polar surface area (TPSA) is 102 Å². The van der Waals surface area contributed by atoms with Crippen molar-refractivity contribution < 1.29 is 18.8 Å². The van der Waals surface area contributed by atoms with E-state index in [1.165, 1.54) is 7.11 Å². The lowest BCUT2D eigenvalue weighted by Crippen LogP contribution is -2.39. The van der Waals surface area contributed by atoms with Crippen molar-refractivity contribution in [2.45, 2.75) is 43.7 Å². The Morgan fingerprint density at radius 2 is 1.88 bits per heavy atom. The molecular weight excluding hydrogens is 422 g/mol. The molecule has 3 aromatic rings. The summed E-state index contributed by atoms with van der Waals surface area (Å²) in [5.74, 6) is 1.51. The van der Waals surface area contributed by atoms with Crippen molar-refractivity contribution in [1.82, 2.24) is 19.8 Å². The van der Waals surface area contributed by atoms with E-state index in [0.29, 0.717) is 30.5 Å². The zero-order chi connectivity index (χ0) is 22.8. The molecule has 1 aromatic carbocycles. The fourth-order valence-corrected chi connectivity index (χ4v) is 4.34. The van der Waals surface area contributed by atoms with Crippen molar-refractivity contribution in [2.24, 2.45) is 0 Å². The summed E-state index contributed by atoms with van der Waals surface area (Å²) in [7, 11) is 1.52. The molecule has 1 N–H and O–H groups in total. The van der Waals surface area contributed by atoms with Crippen LogP contribution in [-0.2, 0) is 9.53 Å². The van der Waals surface area contributed by atoms with Gasteiger partial charge in [0, 0.05) is 38.2 Å². The summed E-state index contributed by atoms with van der Waals surface area (Å²) in [6.07, 6.45) is 4.64. The molecule has 1 aliphatic carbocycles. The number of carbonyl (C=O) groups excluding carboxylic acids is 2. The molecule has 9 nitrogen and oxygen atoms in total. The van der Waals surface area contributed by atoms with Crippen molar-refractivity contribution in [3.63, 3.8) is 0 Å². The predicted molar refractivity (Wildman–Crippen MR) is 120 cm³/mol. The summed E-state index contributed by atoms with van der Waals surface area (Å²) < 4.78 is 12.6. The highest BCUT2D eigenvalue weighted by atomic mass is 16.5. The Kier molecular flexibility index (Phi) is 5.95. The second-order valence-corrected chi connectivity index (χ2v) is 8.59. The van der Waals surface area contributed by atoms with Crippen molar-refractivity contribution in [2.75, 3.05) is 25.5 Å². The maximum atomic E-state index is 12.9. The Labute approximate surface area is 191 Å². The number of aromatic nitrogens is 3. The molecule has 9 heteroatoms. The Hall–Kier alpha value is -3.46. The van der Waals surface area contributed by atoms with E-state index in [4.69, 9.17) is 9.26 Å². The molecule has 2 amide bonds. The molecule has 1 saturated heterocycles. The minimum Gasteiger partial charge on any atom is -0.367 e. The van der Waals surface area contributed by atoms with E-state index in [1.54, 1.807) is 18.3 Å². The van der Waals surface area contributed by atoms with Gasteiger partial charge in [0.15, 0.2) is 11.8 Å². The number of methoxy groups -OCH3 is 1. The van der Waals surface area contributed by atoms with Gasteiger partial charge >= 0.3 is 0 Å². The van der Waals surface area contributed by atoms with Gasteiger partial charge in [0.1, 0.15) is 11.6 Å². The molecule has 2 fully saturated rings. The molecule has 1 saturated carbocycles. The van der Waals surface area contributed by atoms with Crippen LogP contribution < -0.4 is 5.32 Å². The Morgan fingerprint density at radius 3 is 2.58 bits per heavy atom. The van der Waals surface area contributed by atoms with Gasteiger partial charge in [0.2, 0.25) is 0 Å². The van der Waals surface area contributed by atoms with Crippen LogP contribution in [0.5, 0.6) is 0 Å².